The molecule has 1 heterocycles. The van der Waals surface area contributed by atoms with E-state index < -0.39 is 0 Å². The zero-order valence-electron chi connectivity index (χ0n) is 14.1. The lowest BCUT2D eigenvalue weighted by molar-refractivity contribution is 0.147. The summed E-state index contributed by atoms with van der Waals surface area (Å²) in [6.45, 7) is 11.4. The van der Waals surface area contributed by atoms with Crippen LogP contribution in [0.2, 0.25) is 0 Å². The van der Waals surface area contributed by atoms with Gasteiger partial charge in [-0.05, 0) is 51.4 Å². The zero-order valence-corrected chi connectivity index (χ0v) is 14.1. The minimum absolute atomic E-state index is 0.597. The molecule has 0 aliphatic heterocycles. The van der Waals surface area contributed by atoms with Crippen molar-refractivity contribution in [3.8, 4) is 0 Å². The van der Waals surface area contributed by atoms with Crippen molar-refractivity contribution in [3.63, 3.8) is 0 Å². The maximum absolute atomic E-state index is 5.38. The summed E-state index contributed by atoms with van der Waals surface area (Å²) >= 11 is 0. The van der Waals surface area contributed by atoms with Crippen molar-refractivity contribution in [2.75, 3.05) is 25.1 Å². The lowest BCUT2D eigenvalue weighted by Gasteiger charge is -2.33. The Bertz CT molecular complexity index is 420. The van der Waals surface area contributed by atoms with Crippen molar-refractivity contribution in [1.82, 2.24) is 9.55 Å². The highest BCUT2D eigenvalue weighted by Crippen LogP contribution is 2.37. The maximum Gasteiger partial charge on any atom is 0.203 e. The lowest BCUT2D eigenvalue weighted by Crippen LogP contribution is -2.23. The Morgan fingerprint density at radius 1 is 1.29 bits per heavy atom. The molecule has 21 heavy (non-hydrogen) atoms. The van der Waals surface area contributed by atoms with E-state index in [4.69, 9.17) is 4.74 Å². The van der Waals surface area contributed by atoms with Crippen molar-refractivity contribution in [1.29, 1.82) is 0 Å². The number of hydrogen-bond donors (Lipinski definition) is 1. The summed E-state index contributed by atoms with van der Waals surface area (Å²) in [5.41, 5.74) is 1.10. The van der Waals surface area contributed by atoms with Gasteiger partial charge in [-0.2, -0.15) is 0 Å². The smallest absolute Gasteiger partial charge is 0.203 e. The second-order valence-corrected chi connectivity index (χ2v) is 6.66. The maximum atomic E-state index is 5.38. The van der Waals surface area contributed by atoms with E-state index in [-0.39, 0.29) is 0 Å². The molecule has 1 N–H and O–H groups in total. The number of anilines is 1. The second kappa shape index (κ2) is 7.83. The molecule has 4 heteroatoms. The molecule has 0 spiro atoms. The monoisotopic (exact) mass is 293 g/mol. The van der Waals surface area contributed by atoms with Crippen LogP contribution < -0.4 is 5.32 Å². The molecule has 0 radical (unpaired) electrons. The molecular weight excluding hydrogens is 262 g/mol. The molecule has 4 nitrogen and oxygen atoms in total. The Balaban J connectivity index is 1.96. The Kier molecular flexibility index (Phi) is 6.09. The summed E-state index contributed by atoms with van der Waals surface area (Å²) < 4.78 is 7.76. The van der Waals surface area contributed by atoms with Gasteiger partial charge in [-0.25, -0.2) is 4.98 Å². The average Bonchev–Trinajstić information content (AvgIpc) is 2.78. The van der Waals surface area contributed by atoms with Crippen LogP contribution >= 0.6 is 0 Å². The topological polar surface area (TPSA) is 39.1 Å². The molecule has 2 atom stereocenters. The Morgan fingerprint density at radius 3 is 2.67 bits per heavy atom. The average molecular weight is 293 g/mol. The fourth-order valence-corrected chi connectivity index (χ4v) is 3.58. The number of ether oxygens (including phenoxy) is 1. The Morgan fingerprint density at radius 2 is 2.00 bits per heavy atom. The fourth-order valence-electron chi connectivity index (χ4n) is 3.58. The van der Waals surface area contributed by atoms with Crippen LogP contribution in [0.4, 0.5) is 5.95 Å². The van der Waals surface area contributed by atoms with Crippen LogP contribution in [0.5, 0.6) is 0 Å². The summed E-state index contributed by atoms with van der Waals surface area (Å²) in [5.74, 6) is 2.66. The summed E-state index contributed by atoms with van der Waals surface area (Å²) in [6, 6.07) is 0.597. The van der Waals surface area contributed by atoms with Gasteiger partial charge in [0.15, 0.2) is 0 Å². The number of aromatic nitrogens is 2. The van der Waals surface area contributed by atoms with E-state index in [0.717, 1.165) is 49.7 Å². The molecule has 1 aromatic rings. The predicted molar refractivity (Wildman–Crippen MR) is 87.8 cm³/mol. The lowest BCUT2D eigenvalue weighted by atomic mass is 9.80. The minimum Gasteiger partial charge on any atom is -0.382 e. The van der Waals surface area contributed by atoms with Crippen LogP contribution in [0.3, 0.4) is 0 Å². The first-order chi connectivity index (χ1) is 10.1. The Hall–Kier alpha value is -1.03. The second-order valence-electron chi connectivity index (χ2n) is 6.66. The van der Waals surface area contributed by atoms with Crippen molar-refractivity contribution >= 4 is 5.95 Å². The van der Waals surface area contributed by atoms with Gasteiger partial charge in [0.2, 0.25) is 5.95 Å². The zero-order chi connectivity index (χ0) is 15.2. The molecule has 0 bridgehead atoms. The number of aryl methyl sites for hydroxylation is 1. The number of nitrogens with zero attached hydrogens (tertiary/aromatic N) is 2. The molecule has 120 valence electrons. The third kappa shape index (κ3) is 4.73. The normalized spacial score (nSPS) is 26.0. The first-order valence-corrected chi connectivity index (χ1v) is 8.47. The molecule has 2 unspecified atom stereocenters. The highest BCUT2D eigenvalue weighted by atomic mass is 16.5. The minimum atomic E-state index is 0.597. The van der Waals surface area contributed by atoms with E-state index in [2.05, 4.69) is 41.8 Å². The van der Waals surface area contributed by atoms with Crippen molar-refractivity contribution < 1.29 is 4.74 Å². The van der Waals surface area contributed by atoms with Crippen LogP contribution in [0.25, 0.3) is 0 Å². The molecule has 1 fully saturated rings. The van der Waals surface area contributed by atoms with E-state index in [1.165, 1.54) is 19.3 Å². The van der Waals surface area contributed by atoms with Gasteiger partial charge in [-0.1, -0.05) is 13.8 Å². The molecule has 0 saturated heterocycles. The van der Waals surface area contributed by atoms with Gasteiger partial charge >= 0.3 is 0 Å². The quantitative estimate of drug-likeness (QED) is 0.772. The van der Waals surface area contributed by atoms with Gasteiger partial charge in [0.25, 0.3) is 0 Å². The van der Waals surface area contributed by atoms with E-state index in [9.17, 15) is 0 Å². The van der Waals surface area contributed by atoms with Gasteiger partial charge in [-0.3, -0.25) is 0 Å². The van der Waals surface area contributed by atoms with Gasteiger partial charge < -0.3 is 14.6 Å². The van der Waals surface area contributed by atoms with Crippen LogP contribution in [0, 0.1) is 18.8 Å². The number of nitrogens with one attached hydrogen (secondary N) is 1. The van der Waals surface area contributed by atoms with Crippen LogP contribution in [0.1, 0.15) is 58.2 Å². The van der Waals surface area contributed by atoms with E-state index in [1.54, 1.807) is 0 Å². The van der Waals surface area contributed by atoms with Crippen LogP contribution in [-0.2, 0) is 4.74 Å². The highest BCUT2D eigenvalue weighted by Gasteiger charge is 2.26. The summed E-state index contributed by atoms with van der Waals surface area (Å²) in [4.78, 5) is 4.66. The van der Waals surface area contributed by atoms with Crippen molar-refractivity contribution in [2.45, 2.75) is 59.4 Å². The SMILES string of the molecule is CCOCCCNc1nc(C)cn1C1CC(C)CC(C)C1. The molecule has 1 aliphatic rings. The third-order valence-corrected chi connectivity index (χ3v) is 4.35. The molecule has 0 aromatic carbocycles. The van der Waals surface area contributed by atoms with Gasteiger partial charge in [-0.15, -0.1) is 0 Å². The molecule has 0 amide bonds. The first-order valence-electron chi connectivity index (χ1n) is 8.47. The first kappa shape index (κ1) is 16.3. The van der Waals surface area contributed by atoms with Crippen molar-refractivity contribution in [3.05, 3.63) is 11.9 Å². The largest absolute Gasteiger partial charge is 0.382 e. The highest BCUT2D eigenvalue weighted by molar-refractivity contribution is 5.29. The number of imidazole rings is 1. The summed E-state index contributed by atoms with van der Waals surface area (Å²) in [5, 5.41) is 3.49. The number of hydrogen-bond acceptors (Lipinski definition) is 3. The summed E-state index contributed by atoms with van der Waals surface area (Å²) in [7, 11) is 0. The van der Waals surface area contributed by atoms with Crippen molar-refractivity contribution in [2.24, 2.45) is 11.8 Å². The van der Waals surface area contributed by atoms with Gasteiger partial charge in [0, 0.05) is 32.0 Å². The van der Waals surface area contributed by atoms with Gasteiger partial charge in [0.05, 0.1) is 5.69 Å². The molecular formula is C17H31N3O. The summed E-state index contributed by atoms with van der Waals surface area (Å²) in [6.07, 6.45) is 7.14. The number of rotatable bonds is 7. The molecule has 1 saturated carbocycles. The van der Waals surface area contributed by atoms with E-state index >= 15 is 0 Å². The van der Waals surface area contributed by atoms with Gasteiger partial charge in [0.1, 0.15) is 0 Å². The molecule has 2 rings (SSSR count). The van der Waals surface area contributed by atoms with E-state index in [0.29, 0.717) is 6.04 Å². The standard InChI is InChI=1S/C17H31N3O/c1-5-21-8-6-7-18-17-19-15(4)12-20(17)16-10-13(2)9-14(3)11-16/h12-14,16H,5-11H2,1-4H3,(H,18,19). The fraction of sp³-hybridized carbons (Fsp3) is 0.824. The van der Waals surface area contributed by atoms with Crippen LogP contribution in [-0.4, -0.2) is 29.3 Å². The van der Waals surface area contributed by atoms with E-state index in [1.807, 2.05) is 6.92 Å². The van der Waals surface area contributed by atoms with Crippen LogP contribution in [0.15, 0.2) is 6.20 Å². The molecule has 1 aromatic heterocycles. The predicted octanol–water partition coefficient (Wildman–Crippen LogP) is 4.03. The third-order valence-electron chi connectivity index (χ3n) is 4.35. The molecule has 1 aliphatic carbocycles. The Labute approximate surface area is 129 Å².